The van der Waals surface area contributed by atoms with Gasteiger partial charge in [0.05, 0.1) is 29.7 Å². The van der Waals surface area contributed by atoms with E-state index in [-0.39, 0.29) is 34.7 Å². The Morgan fingerprint density at radius 3 is 2.06 bits per heavy atom. The van der Waals surface area contributed by atoms with Crippen LogP contribution in [0.2, 0.25) is 0 Å². The quantitative estimate of drug-likeness (QED) is 0.580. The highest BCUT2D eigenvalue weighted by atomic mass is 16.1. The molecule has 0 fully saturated rings. The molecule has 4 heteroatoms. The molecule has 0 amide bonds. The summed E-state index contributed by atoms with van der Waals surface area (Å²) in [5, 5.41) is 17.5. The Kier molecular flexibility index (Phi) is 4.14. The molecule has 0 saturated carbocycles. The number of nitriles is 2. The maximum atomic E-state index is 11.7. The van der Waals surface area contributed by atoms with E-state index in [1.165, 1.54) is 18.2 Å². The predicted molar refractivity (Wildman–Crippen MR) is 60.1 cm³/mol. The van der Waals surface area contributed by atoms with Gasteiger partial charge in [-0.3, -0.25) is 9.59 Å². The Labute approximate surface area is 99.1 Å². The summed E-state index contributed by atoms with van der Waals surface area (Å²) in [5.41, 5.74) is 0.732. The van der Waals surface area contributed by atoms with E-state index in [1.54, 1.807) is 6.92 Å². The SMILES string of the molecule is CCC(=O)CC(=O)c1cc(C#N)cc(C#N)c1. The van der Waals surface area contributed by atoms with E-state index in [1.807, 2.05) is 12.1 Å². The molecule has 1 rings (SSSR count). The highest BCUT2D eigenvalue weighted by Gasteiger charge is 2.12. The van der Waals surface area contributed by atoms with Crippen LogP contribution in [0.1, 0.15) is 41.3 Å². The number of carbonyl (C=O) groups is 2. The second-order valence-electron chi connectivity index (χ2n) is 3.51. The smallest absolute Gasteiger partial charge is 0.170 e. The Hall–Kier alpha value is -2.46. The van der Waals surface area contributed by atoms with Gasteiger partial charge in [-0.15, -0.1) is 0 Å². The molecular weight excluding hydrogens is 216 g/mol. The molecule has 0 N–H and O–H groups in total. The third-order valence-corrected chi connectivity index (χ3v) is 2.27. The molecule has 0 aliphatic heterocycles. The van der Waals surface area contributed by atoms with Crippen LogP contribution in [0.5, 0.6) is 0 Å². The number of hydrogen-bond acceptors (Lipinski definition) is 4. The lowest BCUT2D eigenvalue weighted by Gasteiger charge is -2.01. The fourth-order valence-electron chi connectivity index (χ4n) is 1.32. The van der Waals surface area contributed by atoms with E-state index in [9.17, 15) is 9.59 Å². The van der Waals surface area contributed by atoms with Gasteiger partial charge < -0.3 is 0 Å². The normalized spacial score (nSPS) is 9.12. The van der Waals surface area contributed by atoms with Crippen LogP contribution < -0.4 is 0 Å². The summed E-state index contributed by atoms with van der Waals surface area (Å²) < 4.78 is 0. The highest BCUT2D eigenvalue weighted by Crippen LogP contribution is 2.12. The third kappa shape index (κ3) is 3.25. The molecule has 17 heavy (non-hydrogen) atoms. The standard InChI is InChI=1S/C13H10N2O2/c1-2-12(16)6-13(17)11-4-9(7-14)3-10(5-11)8-15/h3-5H,2,6H2,1H3. The van der Waals surface area contributed by atoms with Crippen molar-refractivity contribution in [3.63, 3.8) is 0 Å². The minimum Gasteiger partial charge on any atom is -0.299 e. The highest BCUT2D eigenvalue weighted by molar-refractivity contribution is 6.08. The van der Waals surface area contributed by atoms with Crippen molar-refractivity contribution in [3.8, 4) is 12.1 Å². The first-order chi connectivity index (χ1) is 8.10. The third-order valence-electron chi connectivity index (χ3n) is 2.27. The summed E-state index contributed by atoms with van der Waals surface area (Å²) in [6.07, 6.45) is 0.116. The minimum atomic E-state index is -0.356. The molecule has 0 aliphatic rings. The molecule has 1 aromatic rings. The van der Waals surface area contributed by atoms with E-state index >= 15 is 0 Å². The molecule has 0 saturated heterocycles. The van der Waals surface area contributed by atoms with E-state index in [4.69, 9.17) is 10.5 Å². The van der Waals surface area contributed by atoms with Crippen LogP contribution >= 0.6 is 0 Å². The topological polar surface area (TPSA) is 81.7 Å². The van der Waals surface area contributed by atoms with Crippen LogP contribution in [-0.4, -0.2) is 11.6 Å². The van der Waals surface area contributed by atoms with Crippen LogP contribution in [0.4, 0.5) is 0 Å². The Balaban J connectivity index is 3.07. The lowest BCUT2D eigenvalue weighted by molar-refractivity contribution is -0.117. The molecule has 0 radical (unpaired) electrons. The van der Waals surface area contributed by atoms with Crippen molar-refractivity contribution in [1.82, 2.24) is 0 Å². The fraction of sp³-hybridized carbons (Fsp3) is 0.231. The monoisotopic (exact) mass is 226 g/mol. The summed E-state index contributed by atoms with van der Waals surface area (Å²) in [6.45, 7) is 1.68. The van der Waals surface area contributed by atoms with Crippen LogP contribution in [0.3, 0.4) is 0 Å². The first-order valence-corrected chi connectivity index (χ1v) is 5.11. The number of benzene rings is 1. The van der Waals surface area contributed by atoms with E-state index in [0.29, 0.717) is 6.42 Å². The van der Waals surface area contributed by atoms with E-state index < -0.39 is 0 Å². The van der Waals surface area contributed by atoms with Crippen molar-refractivity contribution < 1.29 is 9.59 Å². The van der Waals surface area contributed by atoms with E-state index in [2.05, 4.69) is 0 Å². The average molecular weight is 226 g/mol. The molecule has 84 valence electrons. The zero-order valence-corrected chi connectivity index (χ0v) is 9.36. The van der Waals surface area contributed by atoms with Crippen molar-refractivity contribution in [3.05, 3.63) is 34.9 Å². The maximum Gasteiger partial charge on any atom is 0.170 e. The van der Waals surface area contributed by atoms with E-state index in [0.717, 1.165) is 0 Å². The number of hydrogen-bond donors (Lipinski definition) is 0. The number of carbonyl (C=O) groups excluding carboxylic acids is 2. The lowest BCUT2D eigenvalue weighted by atomic mass is 10.0. The van der Waals surface area contributed by atoms with Gasteiger partial charge in [-0.2, -0.15) is 10.5 Å². The van der Waals surface area contributed by atoms with Gasteiger partial charge in [-0.05, 0) is 18.2 Å². The maximum absolute atomic E-state index is 11.7. The lowest BCUT2D eigenvalue weighted by Crippen LogP contribution is -2.07. The van der Waals surface area contributed by atoms with Gasteiger partial charge in [-0.25, -0.2) is 0 Å². The van der Waals surface area contributed by atoms with Crippen LogP contribution in [0.25, 0.3) is 0 Å². The zero-order chi connectivity index (χ0) is 12.8. The van der Waals surface area contributed by atoms with Crippen molar-refractivity contribution in [2.45, 2.75) is 19.8 Å². The largest absolute Gasteiger partial charge is 0.299 e. The predicted octanol–water partition coefficient (Wildman–Crippen LogP) is 1.98. The second kappa shape index (κ2) is 5.58. The van der Waals surface area contributed by atoms with Gasteiger partial charge >= 0.3 is 0 Å². The second-order valence-corrected chi connectivity index (χ2v) is 3.51. The molecule has 0 aromatic heterocycles. The van der Waals surface area contributed by atoms with Crippen molar-refractivity contribution in [2.24, 2.45) is 0 Å². The van der Waals surface area contributed by atoms with Crippen molar-refractivity contribution >= 4 is 11.6 Å². The van der Waals surface area contributed by atoms with Gasteiger partial charge in [0.25, 0.3) is 0 Å². The van der Waals surface area contributed by atoms with Crippen LogP contribution in [-0.2, 0) is 4.79 Å². The minimum absolute atomic E-state index is 0.157. The van der Waals surface area contributed by atoms with Crippen LogP contribution in [0.15, 0.2) is 18.2 Å². The molecule has 4 nitrogen and oxygen atoms in total. The number of Topliss-reactive ketones (excluding diaryl/α,β-unsaturated/α-hetero) is 2. The Morgan fingerprint density at radius 1 is 1.12 bits per heavy atom. The number of rotatable bonds is 4. The van der Waals surface area contributed by atoms with Gasteiger partial charge in [0.1, 0.15) is 5.78 Å². The van der Waals surface area contributed by atoms with Gasteiger partial charge in [-0.1, -0.05) is 6.92 Å². The van der Waals surface area contributed by atoms with Gasteiger partial charge in [0.15, 0.2) is 5.78 Å². The first-order valence-electron chi connectivity index (χ1n) is 5.11. The Morgan fingerprint density at radius 2 is 1.65 bits per heavy atom. The molecule has 0 bridgehead atoms. The molecule has 1 aromatic carbocycles. The average Bonchev–Trinajstić information content (AvgIpc) is 2.37. The summed E-state index contributed by atoms with van der Waals surface area (Å²) in [6, 6.07) is 7.94. The van der Waals surface area contributed by atoms with Crippen LogP contribution in [0, 0.1) is 22.7 Å². The first kappa shape index (κ1) is 12.6. The van der Waals surface area contributed by atoms with Gasteiger partial charge in [0.2, 0.25) is 0 Å². The molecule has 0 spiro atoms. The fourth-order valence-corrected chi connectivity index (χ4v) is 1.32. The van der Waals surface area contributed by atoms with Crippen molar-refractivity contribution in [1.29, 1.82) is 10.5 Å². The number of nitrogens with zero attached hydrogens (tertiary/aromatic N) is 2. The summed E-state index contributed by atoms with van der Waals surface area (Å²) in [4.78, 5) is 22.9. The Bertz CT molecular complexity index is 515. The molecule has 0 heterocycles. The zero-order valence-electron chi connectivity index (χ0n) is 9.36. The molecular formula is C13H10N2O2. The summed E-state index contributed by atoms with van der Waals surface area (Å²) in [7, 11) is 0. The van der Waals surface area contributed by atoms with Crippen molar-refractivity contribution in [2.75, 3.05) is 0 Å². The van der Waals surface area contributed by atoms with Gasteiger partial charge in [0, 0.05) is 12.0 Å². The number of ketones is 2. The molecule has 0 atom stereocenters. The molecule has 0 aliphatic carbocycles. The summed E-state index contributed by atoms with van der Waals surface area (Å²) in [5.74, 6) is -0.513. The molecule has 0 unspecified atom stereocenters. The summed E-state index contributed by atoms with van der Waals surface area (Å²) >= 11 is 0.